The molecule has 2 rings (SSSR count). The maximum absolute atomic E-state index is 11.6. The van der Waals surface area contributed by atoms with E-state index in [4.69, 9.17) is 0 Å². The smallest absolute Gasteiger partial charge is 0.225 e. The van der Waals surface area contributed by atoms with Gasteiger partial charge in [0.25, 0.3) is 0 Å². The lowest BCUT2D eigenvalue weighted by Crippen LogP contribution is -2.15. The van der Waals surface area contributed by atoms with Gasteiger partial charge in [-0.3, -0.25) is 4.79 Å². The maximum Gasteiger partial charge on any atom is 0.225 e. The van der Waals surface area contributed by atoms with E-state index in [9.17, 15) is 4.79 Å². The molecule has 4 heteroatoms. The lowest BCUT2D eigenvalue weighted by molar-refractivity contribution is -0.116. The lowest BCUT2D eigenvalue weighted by atomic mass is 10.0. The van der Waals surface area contributed by atoms with Gasteiger partial charge in [0.2, 0.25) is 5.91 Å². The second kappa shape index (κ2) is 5.61. The van der Waals surface area contributed by atoms with E-state index in [-0.39, 0.29) is 5.91 Å². The van der Waals surface area contributed by atoms with E-state index in [1.54, 1.807) is 12.3 Å². The Morgan fingerprint density at radius 2 is 2.50 bits per heavy atom. The monoisotopic (exact) mass is 219 g/mol. The summed E-state index contributed by atoms with van der Waals surface area (Å²) in [6, 6.07) is 5.50. The molecule has 1 aromatic rings. The van der Waals surface area contributed by atoms with E-state index in [0.717, 1.165) is 19.5 Å². The van der Waals surface area contributed by atoms with Crippen LogP contribution in [0.1, 0.15) is 19.3 Å². The highest BCUT2D eigenvalue weighted by Crippen LogP contribution is 2.14. The average Bonchev–Trinajstić information content (AvgIpc) is 2.81. The summed E-state index contributed by atoms with van der Waals surface area (Å²) in [5, 5.41) is 6.10. The number of anilines is 1. The molecule has 4 nitrogen and oxygen atoms in total. The van der Waals surface area contributed by atoms with E-state index in [1.807, 2.05) is 12.1 Å². The molecular weight excluding hydrogens is 202 g/mol. The van der Waals surface area contributed by atoms with Gasteiger partial charge in [0, 0.05) is 12.6 Å². The summed E-state index contributed by atoms with van der Waals surface area (Å²) in [7, 11) is 0. The normalized spacial score (nSPS) is 19.6. The molecule has 0 spiro atoms. The minimum absolute atomic E-state index is 0.0607. The van der Waals surface area contributed by atoms with Crippen molar-refractivity contribution in [3.8, 4) is 0 Å². The van der Waals surface area contributed by atoms with Crippen molar-refractivity contribution in [3.05, 3.63) is 24.4 Å². The van der Waals surface area contributed by atoms with Gasteiger partial charge in [-0.2, -0.15) is 0 Å². The maximum atomic E-state index is 11.6. The van der Waals surface area contributed by atoms with Gasteiger partial charge in [-0.25, -0.2) is 4.98 Å². The average molecular weight is 219 g/mol. The SMILES string of the molecule is O=C(CCC1CCNC1)Nc1ccccn1. The highest BCUT2D eigenvalue weighted by atomic mass is 16.1. The predicted molar refractivity (Wildman–Crippen MR) is 63.1 cm³/mol. The fourth-order valence-corrected chi connectivity index (χ4v) is 1.94. The highest BCUT2D eigenvalue weighted by Gasteiger charge is 2.15. The summed E-state index contributed by atoms with van der Waals surface area (Å²) >= 11 is 0. The fourth-order valence-electron chi connectivity index (χ4n) is 1.94. The number of amides is 1. The molecule has 86 valence electrons. The minimum Gasteiger partial charge on any atom is -0.316 e. The summed E-state index contributed by atoms with van der Waals surface area (Å²) in [4.78, 5) is 15.7. The summed E-state index contributed by atoms with van der Waals surface area (Å²) in [5.41, 5.74) is 0. The third-order valence-electron chi connectivity index (χ3n) is 2.87. The molecule has 16 heavy (non-hydrogen) atoms. The molecule has 0 aromatic carbocycles. The van der Waals surface area contributed by atoms with Gasteiger partial charge in [0.1, 0.15) is 5.82 Å². The van der Waals surface area contributed by atoms with Crippen LogP contribution in [0, 0.1) is 5.92 Å². The number of nitrogens with one attached hydrogen (secondary N) is 2. The number of hydrogen-bond acceptors (Lipinski definition) is 3. The van der Waals surface area contributed by atoms with Gasteiger partial charge in [-0.15, -0.1) is 0 Å². The van der Waals surface area contributed by atoms with Gasteiger partial charge >= 0.3 is 0 Å². The van der Waals surface area contributed by atoms with E-state index >= 15 is 0 Å². The molecule has 1 aliphatic rings. The van der Waals surface area contributed by atoms with Crippen LogP contribution in [-0.2, 0) is 4.79 Å². The number of carbonyl (C=O) groups excluding carboxylic acids is 1. The van der Waals surface area contributed by atoms with Crippen molar-refractivity contribution in [2.24, 2.45) is 5.92 Å². The van der Waals surface area contributed by atoms with Crippen LogP contribution in [-0.4, -0.2) is 24.0 Å². The Kier molecular flexibility index (Phi) is 3.88. The molecule has 2 N–H and O–H groups in total. The number of rotatable bonds is 4. The molecule has 1 aromatic heterocycles. The number of nitrogens with zero attached hydrogens (tertiary/aromatic N) is 1. The van der Waals surface area contributed by atoms with Crippen LogP contribution in [0.15, 0.2) is 24.4 Å². The minimum atomic E-state index is 0.0607. The quantitative estimate of drug-likeness (QED) is 0.805. The van der Waals surface area contributed by atoms with E-state index in [2.05, 4.69) is 15.6 Å². The number of aromatic nitrogens is 1. The number of carbonyl (C=O) groups is 1. The lowest BCUT2D eigenvalue weighted by Gasteiger charge is -2.07. The molecule has 1 aliphatic heterocycles. The van der Waals surface area contributed by atoms with Crippen LogP contribution < -0.4 is 10.6 Å². The Morgan fingerprint density at radius 1 is 1.56 bits per heavy atom. The molecule has 2 heterocycles. The van der Waals surface area contributed by atoms with Crippen molar-refractivity contribution in [1.29, 1.82) is 0 Å². The van der Waals surface area contributed by atoms with Gasteiger partial charge in [0.15, 0.2) is 0 Å². The Hall–Kier alpha value is -1.42. The Labute approximate surface area is 95.5 Å². The van der Waals surface area contributed by atoms with Gasteiger partial charge < -0.3 is 10.6 Å². The molecule has 0 saturated carbocycles. The molecule has 1 atom stereocenters. The van der Waals surface area contributed by atoms with Crippen molar-refractivity contribution < 1.29 is 4.79 Å². The molecule has 0 bridgehead atoms. The van der Waals surface area contributed by atoms with Gasteiger partial charge in [0.05, 0.1) is 0 Å². The third kappa shape index (κ3) is 3.31. The zero-order chi connectivity index (χ0) is 11.2. The van der Waals surface area contributed by atoms with Crippen LogP contribution in [0.25, 0.3) is 0 Å². The van der Waals surface area contributed by atoms with Gasteiger partial charge in [-0.1, -0.05) is 6.07 Å². The second-order valence-corrected chi connectivity index (χ2v) is 4.16. The van der Waals surface area contributed by atoms with Crippen LogP contribution >= 0.6 is 0 Å². The fraction of sp³-hybridized carbons (Fsp3) is 0.500. The van der Waals surface area contributed by atoms with Crippen LogP contribution in [0.5, 0.6) is 0 Å². The third-order valence-corrected chi connectivity index (χ3v) is 2.87. The summed E-state index contributed by atoms with van der Waals surface area (Å²) < 4.78 is 0. The topological polar surface area (TPSA) is 54.0 Å². The standard InChI is InChI=1S/C12H17N3O/c16-12(5-4-10-6-8-13-9-10)15-11-3-1-2-7-14-11/h1-3,7,10,13H,4-6,8-9H2,(H,14,15,16). The Morgan fingerprint density at radius 3 is 3.19 bits per heavy atom. The van der Waals surface area contributed by atoms with E-state index in [0.29, 0.717) is 18.2 Å². The van der Waals surface area contributed by atoms with Crippen molar-refractivity contribution in [2.75, 3.05) is 18.4 Å². The largest absolute Gasteiger partial charge is 0.316 e. The number of pyridine rings is 1. The van der Waals surface area contributed by atoms with Crippen LogP contribution in [0.2, 0.25) is 0 Å². The van der Waals surface area contributed by atoms with Crippen molar-refractivity contribution in [3.63, 3.8) is 0 Å². The van der Waals surface area contributed by atoms with Crippen molar-refractivity contribution in [2.45, 2.75) is 19.3 Å². The first-order valence-corrected chi connectivity index (χ1v) is 5.76. The van der Waals surface area contributed by atoms with Gasteiger partial charge in [-0.05, 0) is 44.0 Å². The summed E-state index contributed by atoms with van der Waals surface area (Å²) in [5.74, 6) is 1.36. The second-order valence-electron chi connectivity index (χ2n) is 4.16. The van der Waals surface area contributed by atoms with E-state index in [1.165, 1.54) is 6.42 Å². The molecule has 1 amide bonds. The van der Waals surface area contributed by atoms with E-state index < -0.39 is 0 Å². The zero-order valence-corrected chi connectivity index (χ0v) is 9.28. The first-order chi connectivity index (χ1) is 7.84. The predicted octanol–water partition coefficient (Wildman–Crippen LogP) is 1.41. The number of hydrogen-bond donors (Lipinski definition) is 2. The molecule has 1 unspecified atom stereocenters. The van der Waals surface area contributed by atoms with Crippen molar-refractivity contribution >= 4 is 11.7 Å². The van der Waals surface area contributed by atoms with Crippen molar-refractivity contribution in [1.82, 2.24) is 10.3 Å². The first-order valence-electron chi connectivity index (χ1n) is 5.76. The summed E-state index contributed by atoms with van der Waals surface area (Å²) in [6.45, 7) is 2.14. The molecule has 0 radical (unpaired) electrons. The van der Waals surface area contributed by atoms with Crippen LogP contribution in [0.4, 0.5) is 5.82 Å². The Balaban J connectivity index is 1.72. The Bertz CT molecular complexity index is 333. The molecular formula is C12H17N3O. The summed E-state index contributed by atoms with van der Waals surface area (Å²) in [6.07, 6.45) is 4.42. The molecule has 1 fully saturated rings. The van der Waals surface area contributed by atoms with Crippen LogP contribution in [0.3, 0.4) is 0 Å². The highest BCUT2D eigenvalue weighted by molar-refractivity contribution is 5.89. The first kappa shape index (κ1) is 11.1. The molecule has 0 aliphatic carbocycles. The zero-order valence-electron chi connectivity index (χ0n) is 9.28. The molecule has 1 saturated heterocycles.